The van der Waals surface area contributed by atoms with Gasteiger partial charge in [0.15, 0.2) is 0 Å². The molecule has 0 spiro atoms. The van der Waals surface area contributed by atoms with E-state index in [9.17, 15) is 0 Å². The average molecular weight is 259 g/mol. The van der Waals surface area contributed by atoms with E-state index >= 15 is 0 Å². The summed E-state index contributed by atoms with van der Waals surface area (Å²) < 4.78 is 0. The fourth-order valence-corrected chi connectivity index (χ4v) is 4.62. The van der Waals surface area contributed by atoms with Gasteiger partial charge in [-0.3, -0.25) is 0 Å². The fraction of sp³-hybridized carbons (Fsp3) is 0.500. The lowest BCUT2D eigenvalue weighted by Crippen LogP contribution is -2.44. The van der Waals surface area contributed by atoms with Crippen molar-refractivity contribution in [3.8, 4) is 0 Å². The van der Waals surface area contributed by atoms with Crippen LogP contribution in [0.25, 0.3) is 6.08 Å². The van der Waals surface area contributed by atoms with Gasteiger partial charge in [0.05, 0.1) is 8.80 Å². The fourth-order valence-electron chi connectivity index (χ4n) is 2.81. The molecule has 0 heterocycles. The van der Waals surface area contributed by atoms with Crippen molar-refractivity contribution >= 4 is 14.9 Å². The Labute approximate surface area is 113 Å². The molecule has 1 aromatic carbocycles. The van der Waals surface area contributed by atoms with Gasteiger partial charge in [-0.15, -0.1) is 0 Å². The molecular weight excluding hydrogens is 234 g/mol. The van der Waals surface area contributed by atoms with Crippen LogP contribution in [-0.4, -0.2) is 21.0 Å². The van der Waals surface area contributed by atoms with Crippen LogP contribution in [0.5, 0.6) is 0 Å². The summed E-state index contributed by atoms with van der Waals surface area (Å²) in [6.45, 7) is 8.34. The van der Waals surface area contributed by atoms with Gasteiger partial charge in [-0.1, -0.05) is 62.9 Å². The van der Waals surface area contributed by atoms with Gasteiger partial charge in [0.2, 0.25) is 0 Å². The van der Waals surface area contributed by atoms with Crippen LogP contribution in [-0.2, 0) is 0 Å². The minimum atomic E-state index is -0.702. The van der Waals surface area contributed by atoms with Crippen molar-refractivity contribution in [2.45, 2.75) is 44.4 Å². The Morgan fingerprint density at radius 2 is 2.06 bits per heavy atom. The lowest BCUT2D eigenvalue weighted by Gasteiger charge is -2.28. The minimum absolute atomic E-state index is 0.602. The smallest absolute Gasteiger partial charge is 0.0517 e. The molecule has 0 saturated carbocycles. The molecule has 0 saturated heterocycles. The van der Waals surface area contributed by atoms with Crippen molar-refractivity contribution in [3.05, 3.63) is 41.5 Å². The standard InChI is InChI=1S/C16H25NSi/c1-4-5-12-17-16(18(2)3)15-11-10-13-8-6-7-9-14(13)15/h6-11,15-18H,4-5,12H2,1-3H3. The summed E-state index contributed by atoms with van der Waals surface area (Å²) in [5, 5.41) is 3.81. The zero-order valence-electron chi connectivity index (χ0n) is 11.8. The van der Waals surface area contributed by atoms with E-state index in [4.69, 9.17) is 0 Å². The third kappa shape index (κ3) is 2.93. The maximum Gasteiger partial charge on any atom is 0.0517 e. The van der Waals surface area contributed by atoms with Crippen LogP contribution in [0.2, 0.25) is 13.1 Å². The Hall–Kier alpha value is -0.863. The van der Waals surface area contributed by atoms with E-state index in [1.54, 1.807) is 0 Å². The highest BCUT2D eigenvalue weighted by Crippen LogP contribution is 2.33. The predicted molar refractivity (Wildman–Crippen MR) is 83.8 cm³/mol. The zero-order valence-corrected chi connectivity index (χ0v) is 13.0. The molecule has 0 fully saturated rings. The average Bonchev–Trinajstić information content (AvgIpc) is 2.78. The molecule has 2 unspecified atom stereocenters. The summed E-state index contributed by atoms with van der Waals surface area (Å²) in [5.41, 5.74) is 3.63. The lowest BCUT2D eigenvalue weighted by atomic mass is 10.0. The van der Waals surface area contributed by atoms with Gasteiger partial charge in [-0.25, -0.2) is 0 Å². The number of unbranched alkanes of at least 4 members (excludes halogenated alkanes) is 1. The first-order valence-electron chi connectivity index (χ1n) is 7.24. The lowest BCUT2D eigenvalue weighted by molar-refractivity contribution is 0.567. The molecule has 2 rings (SSSR count). The topological polar surface area (TPSA) is 12.0 Å². The molecule has 1 aromatic rings. The van der Waals surface area contributed by atoms with Crippen molar-refractivity contribution in [2.24, 2.45) is 0 Å². The van der Waals surface area contributed by atoms with E-state index in [1.165, 1.54) is 30.5 Å². The molecule has 0 radical (unpaired) electrons. The molecule has 1 nitrogen and oxygen atoms in total. The van der Waals surface area contributed by atoms with E-state index in [-0.39, 0.29) is 0 Å². The number of nitrogens with one attached hydrogen (secondary N) is 1. The number of hydrogen-bond acceptors (Lipinski definition) is 1. The van der Waals surface area contributed by atoms with Crippen LogP contribution in [0.1, 0.15) is 36.8 Å². The van der Waals surface area contributed by atoms with Gasteiger partial charge >= 0.3 is 0 Å². The first-order chi connectivity index (χ1) is 8.74. The third-order valence-corrected chi connectivity index (χ3v) is 5.94. The maximum absolute atomic E-state index is 3.81. The summed E-state index contributed by atoms with van der Waals surface area (Å²) in [4.78, 5) is 0. The van der Waals surface area contributed by atoms with Gasteiger partial charge in [-0.05, 0) is 24.1 Å². The van der Waals surface area contributed by atoms with Gasteiger partial charge < -0.3 is 5.32 Å². The van der Waals surface area contributed by atoms with Gasteiger partial charge in [0, 0.05) is 11.6 Å². The highest BCUT2D eigenvalue weighted by Gasteiger charge is 2.27. The van der Waals surface area contributed by atoms with Crippen molar-refractivity contribution in [2.75, 3.05) is 6.54 Å². The van der Waals surface area contributed by atoms with Crippen molar-refractivity contribution < 1.29 is 0 Å². The van der Waals surface area contributed by atoms with Crippen LogP contribution >= 0.6 is 0 Å². The Morgan fingerprint density at radius 1 is 1.28 bits per heavy atom. The number of rotatable bonds is 6. The summed E-state index contributed by atoms with van der Waals surface area (Å²) in [6.07, 6.45) is 7.26. The van der Waals surface area contributed by atoms with Crippen molar-refractivity contribution in [3.63, 3.8) is 0 Å². The predicted octanol–water partition coefficient (Wildman–Crippen LogP) is 3.58. The Morgan fingerprint density at radius 3 is 2.78 bits per heavy atom. The molecule has 2 heteroatoms. The molecule has 18 heavy (non-hydrogen) atoms. The van der Waals surface area contributed by atoms with Gasteiger partial charge in [0.25, 0.3) is 0 Å². The number of benzene rings is 1. The normalized spacial score (nSPS) is 19.2. The summed E-state index contributed by atoms with van der Waals surface area (Å²) in [5.74, 6) is 0.602. The SMILES string of the molecule is CCCCNC(C1C=Cc2ccccc21)[SiH](C)C. The number of fused-ring (bicyclic) bond motifs is 1. The van der Waals surface area contributed by atoms with Crippen LogP contribution in [0.15, 0.2) is 30.3 Å². The quantitative estimate of drug-likeness (QED) is 0.608. The highest BCUT2D eigenvalue weighted by atomic mass is 28.3. The van der Waals surface area contributed by atoms with Crippen LogP contribution in [0, 0.1) is 0 Å². The Bertz CT molecular complexity index is 411. The molecule has 0 aliphatic heterocycles. The van der Waals surface area contributed by atoms with Gasteiger partial charge in [0.1, 0.15) is 0 Å². The second-order valence-electron chi connectivity index (χ2n) is 5.59. The first-order valence-corrected chi connectivity index (χ1v) is 10.2. The van der Waals surface area contributed by atoms with Gasteiger partial charge in [-0.2, -0.15) is 0 Å². The van der Waals surface area contributed by atoms with E-state index in [2.05, 4.69) is 61.8 Å². The molecular formula is C16H25NSi. The van der Waals surface area contributed by atoms with Crippen LogP contribution < -0.4 is 5.32 Å². The molecule has 0 bridgehead atoms. The summed E-state index contributed by atoms with van der Waals surface area (Å²) in [6, 6.07) is 8.84. The van der Waals surface area contributed by atoms with Crippen LogP contribution in [0.3, 0.4) is 0 Å². The molecule has 1 aliphatic carbocycles. The molecule has 1 N–H and O–H groups in total. The molecule has 0 aromatic heterocycles. The maximum atomic E-state index is 3.81. The Balaban J connectivity index is 2.11. The zero-order chi connectivity index (χ0) is 13.0. The molecule has 1 aliphatic rings. The number of hydrogen-bond donors (Lipinski definition) is 1. The molecule has 98 valence electrons. The van der Waals surface area contributed by atoms with E-state index < -0.39 is 8.80 Å². The highest BCUT2D eigenvalue weighted by molar-refractivity contribution is 6.57. The second-order valence-corrected chi connectivity index (χ2v) is 8.80. The molecule has 2 atom stereocenters. The van der Waals surface area contributed by atoms with E-state index in [1.807, 2.05) is 0 Å². The van der Waals surface area contributed by atoms with Crippen molar-refractivity contribution in [1.29, 1.82) is 0 Å². The third-order valence-electron chi connectivity index (χ3n) is 3.85. The van der Waals surface area contributed by atoms with Crippen LogP contribution in [0.4, 0.5) is 0 Å². The monoisotopic (exact) mass is 259 g/mol. The minimum Gasteiger partial charge on any atom is -0.316 e. The molecule has 0 amide bonds. The van der Waals surface area contributed by atoms with E-state index in [0.717, 1.165) is 0 Å². The van der Waals surface area contributed by atoms with E-state index in [0.29, 0.717) is 11.6 Å². The summed E-state index contributed by atoms with van der Waals surface area (Å²) >= 11 is 0. The first kappa shape index (κ1) is 13.6. The summed E-state index contributed by atoms with van der Waals surface area (Å²) in [7, 11) is -0.702. The second kappa shape index (κ2) is 6.35. The Kier molecular flexibility index (Phi) is 4.78. The van der Waals surface area contributed by atoms with Crippen molar-refractivity contribution in [1.82, 2.24) is 5.32 Å². The largest absolute Gasteiger partial charge is 0.316 e.